The first-order chi connectivity index (χ1) is 13.6. The average Bonchev–Trinajstić information content (AvgIpc) is 3.19. The van der Waals surface area contributed by atoms with E-state index in [1.54, 1.807) is 7.11 Å². The highest BCUT2D eigenvalue weighted by Crippen LogP contribution is 2.26. The van der Waals surface area contributed by atoms with Gasteiger partial charge in [0, 0.05) is 50.9 Å². The van der Waals surface area contributed by atoms with Gasteiger partial charge in [-0.2, -0.15) is 0 Å². The second-order valence-corrected chi connectivity index (χ2v) is 7.81. The van der Waals surface area contributed by atoms with Crippen LogP contribution in [0.5, 0.6) is 5.75 Å². The summed E-state index contributed by atoms with van der Waals surface area (Å²) in [6.45, 7) is 3.56. The molecule has 2 aromatic rings. The van der Waals surface area contributed by atoms with Crippen LogP contribution < -0.4 is 4.74 Å². The lowest BCUT2D eigenvalue weighted by atomic mass is 9.96. The predicted octanol–water partition coefficient (Wildman–Crippen LogP) is 2.79. The molecule has 0 spiro atoms. The maximum Gasteiger partial charge on any atom is 0.222 e. The van der Waals surface area contributed by atoms with Crippen molar-refractivity contribution in [2.24, 2.45) is 0 Å². The van der Waals surface area contributed by atoms with E-state index in [-0.39, 0.29) is 5.91 Å². The van der Waals surface area contributed by atoms with Crippen molar-refractivity contribution in [2.75, 3.05) is 40.8 Å². The van der Waals surface area contributed by atoms with Crippen molar-refractivity contribution in [3.8, 4) is 5.75 Å². The Morgan fingerprint density at radius 1 is 1.29 bits per heavy atom. The molecule has 6 nitrogen and oxygen atoms in total. The Hall–Kier alpha value is -2.34. The molecule has 1 atom stereocenters. The SMILES string of the molecule is COc1ccc(CCC(=O)N2CCC[C@@H](c3nccn3CCN(C)C)C2)cc1. The molecule has 3 rings (SSSR count). The van der Waals surface area contributed by atoms with Gasteiger partial charge in [0.15, 0.2) is 0 Å². The summed E-state index contributed by atoms with van der Waals surface area (Å²) < 4.78 is 7.44. The highest BCUT2D eigenvalue weighted by molar-refractivity contribution is 5.76. The smallest absolute Gasteiger partial charge is 0.222 e. The number of rotatable bonds is 8. The van der Waals surface area contributed by atoms with Crippen LogP contribution in [0.15, 0.2) is 36.7 Å². The number of amides is 1. The Morgan fingerprint density at radius 3 is 2.79 bits per heavy atom. The first-order valence-electron chi connectivity index (χ1n) is 10.1. The summed E-state index contributed by atoms with van der Waals surface area (Å²) in [6, 6.07) is 7.97. The summed E-state index contributed by atoms with van der Waals surface area (Å²) in [4.78, 5) is 21.6. The van der Waals surface area contributed by atoms with E-state index >= 15 is 0 Å². The van der Waals surface area contributed by atoms with Crippen molar-refractivity contribution in [3.63, 3.8) is 0 Å². The van der Waals surface area contributed by atoms with Gasteiger partial charge in [0.2, 0.25) is 5.91 Å². The van der Waals surface area contributed by atoms with Gasteiger partial charge < -0.3 is 19.1 Å². The van der Waals surface area contributed by atoms with Crippen molar-refractivity contribution in [1.82, 2.24) is 19.4 Å². The van der Waals surface area contributed by atoms with E-state index in [1.807, 2.05) is 35.4 Å². The second kappa shape index (κ2) is 9.73. The highest BCUT2D eigenvalue weighted by Gasteiger charge is 2.27. The van der Waals surface area contributed by atoms with E-state index in [9.17, 15) is 4.79 Å². The minimum Gasteiger partial charge on any atom is -0.497 e. The molecule has 0 unspecified atom stereocenters. The van der Waals surface area contributed by atoms with Crippen molar-refractivity contribution in [3.05, 3.63) is 48.0 Å². The van der Waals surface area contributed by atoms with E-state index in [4.69, 9.17) is 4.74 Å². The van der Waals surface area contributed by atoms with Crippen LogP contribution in [0.4, 0.5) is 0 Å². The molecule has 1 aromatic carbocycles. The summed E-state index contributed by atoms with van der Waals surface area (Å²) in [6.07, 6.45) is 7.40. The van der Waals surface area contributed by atoms with E-state index in [0.717, 1.165) is 57.0 Å². The standard InChI is InChI=1S/C22H32N4O2/c1-24(2)15-16-25-14-12-23-22(25)19-5-4-13-26(17-19)21(27)11-8-18-6-9-20(28-3)10-7-18/h6-7,9-10,12,14,19H,4-5,8,11,13,15-17H2,1-3H3/t19-/m1/s1. The quantitative estimate of drug-likeness (QED) is 0.702. The normalized spacial score (nSPS) is 17.1. The number of methoxy groups -OCH3 is 1. The van der Waals surface area contributed by atoms with Crippen LogP contribution in [0.1, 0.15) is 36.6 Å². The molecular weight excluding hydrogens is 352 g/mol. The second-order valence-electron chi connectivity index (χ2n) is 7.81. The molecule has 1 amide bonds. The summed E-state index contributed by atoms with van der Waals surface area (Å²) in [5, 5.41) is 0. The van der Waals surface area contributed by atoms with Gasteiger partial charge in [0.25, 0.3) is 0 Å². The van der Waals surface area contributed by atoms with E-state index in [0.29, 0.717) is 12.3 Å². The highest BCUT2D eigenvalue weighted by atomic mass is 16.5. The fourth-order valence-electron chi connectivity index (χ4n) is 3.79. The van der Waals surface area contributed by atoms with Crippen LogP contribution in [-0.2, 0) is 17.8 Å². The zero-order valence-corrected chi connectivity index (χ0v) is 17.3. The number of aryl methyl sites for hydroxylation is 1. The van der Waals surface area contributed by atoms with E-state index in [2.05, 4.69) is 34.7 Å². The molecule has 1 aliphatic rings. The number of hydrogen-bond donors (Lipinski definition) is 0. The first-order valence-corrected chi connectivity index (χ1v) is 10.1. The van der Waals surface area contributed by atoms with Gasteiger partial charge in [-0.3, -0.25) is 4.79 Å². The number of ether oxygens (including phenoxy) is 1. The molecule has 152 valence electrons. The first kappa shape index (κ1) is 20.4. The van der Waals surface area contributed by atoms with E-state index in [1.165, 1.54) is 5.56 Å². The number of likely N-dealkylation sites (tertiary alicyclic amines) is 1. The van der Waals surface area contributed by atoms with Gasteiger partial charge in [-0.1, -0.05) is 12.1 Å². The number of piperidine rings is 1. The molecule has 1 fully saturated rings. The van der Waals surface area contributed by atoms with Gasteiger partial charge in [0.05, 0.1) is 7.11 Å². The van der Waals surface area contributed by atoms with Crippen LogP contribution >= 0.6 is 0 Å². The molecule has 0 aliphatic carbocycles. The molecule has 0 N–H and O–H groups in total. The van der Waals surface area contributed by atoms with E-state index < -0.39 is 0 Å². The fraction of sp³-hybridized carbons (Fsp3) is 0.545. The molecule has 0 bridgehead atoms. The van der Waals surface area contributed by atoms with Crippen LogP contribution in [0.25, 0.3) is 0 Å². The molecule has 6 heteroatoms. The third kappa shape index (κ3) is 5.35. The van der Waals surface area contributed by atoms with Crippen molar-refractivity contribution >= 4 is 5.91 Å². The summed E-state index contributed by atoms with van der Waals surface area (Å²) in [7, 11) is 5.83. The molecule has 1 aromatic heterocycles. The summed E-state index contributed by atoms with van der Waals surface area (Å²) >= 11 is 0. The predicted molar refractivity (Wildman–Crippen MR) is 111 cm³/mol. The van der Waals surface area contributed by atoms with Crippen LogP contribution in [0, 0.1) is 0 Å². The third-order valence-electron chi connectivity index (χ3n) is 5.46. The third-order valence-corrected chi connectivity index (χ3v) is 5.46. The zero-order valence-electron chi connectivity index (χ0n) is 17.3. The van der Waals surface area contributed by atoms with Crippen LogP contribution in [0.3, 0.4) is 0 Å². The van der Waals surface area contributed by atoms with Gasteiger partial charge in [0.1, 0.15) is 11.6 Å². The molecule has 1 saturated heterocycles. The summed E-state index contributed by atoms with van der Waals surface area (Å²) in [5.41, 5.74) is 1.17. The van der Waals surface area contributed by atoms with Gasteiger partial charge in [-0.05, 0) is 51.1 Å². The number of benzene rings is 1. The van der Waals surface area contributed by atoms with Gasteiger partial charge >= 0.3 is 0 Å². The monoisotopic (exact) mass is 384 g/mol. The summed E-state index contributed by atoms with van der Waals surface area (Å²) in [5.74, 6) is 2.54. The number of likely N-dealkylation sites (N-methyl/N-ethyl adjacent to an activating group) is 1. The van der Waals surface area contributed by atoms with Crippen molar-refractivity contribution in [1.29, 1.82) is 0 Å². The average molecular weight is 385 g/mol. The molecule has 1 aliphatic heterocycles. The molecular formula is C22H32N4O2. The topological polar surface area (TPSA) is 50.6 Å². The van der Waals surface area contributed by atoms with Gasteiger partial charge in [-0.15, -0.1) is 0 Å². The number of hydrogen-bond acceptors (Lipinski definition) is 4. The maximum atomic E-state index is 12.8. The number of nitrogens with zero attached hydrogens (tertiary/aromatic N) is 4. The largest absolute Gasteiger partial charge is 0.497 e. The number of imidazole rings is 1. The Morgan fingerprint density at radius 2 is 2.07 bits per heavy atom. The zero-order chi connectivity index (χ0) is 19.9. The molecule has 0 radical (unpaired) electrons. The maximum absolute atomic E-state index is 12.8. The van der Waals surface area contributed by atoms with Gasteiger partial charge in [-0.25, -0.2) is 4.98 Å². The Balaban J connectivity index is 1.55. The lowest BCUT2D eigenvalue weighted by Gasteiger charge is -2.33. The van der Waals surface area contributed by atoms with Crippen LogP contribution in [-0.4, -0.2) is 66.1 Å². The minimum atomic E-state index is 0.243. The molecule has 28 heavy (non-hydrogen) atoms. The molecule has 2 heterocycles. The number of carbonyl (C=O) groups is 1. The number of carbonyl (C=O) groups excluding carboxylic acids is 1. The Kier molecular flexibility index (Phi) is 7.09. The number of aromatic nitrogens is 2. The lowest BCUT2D eigenvalue weighted by molar-refractivity contribution is -0.132. The fourth-order valence-corrected chi connectivity index (χ4v) is 3.79. The Labute approximate surface area is 168 Å². The van der Waals surface area contributed by atoms with Crippen molar-refractivity contribution < 1.29 is 9.53 Å². The minimum absolute atomic E-state index is 0.243. The van der Waals surface area contributed by atoms with Crippen molar-refractivity contribution in [2.45, 2.75) is 38.1 Å². The molecule has 0 saturated carbocycles. The van der Waals surface area contributed by atoms with Crippen LogP contribution in [0.2, 0.25) is 0 Å². The lowest BCUT2D eigenvalue weighted by Crippen LogP contribution is -2.40. The Bertz CT molecular complexity index is 754.